The van der Waals surface area contributed by atoms with E-state index in [1.165, 1.54) is 0 Å². The lowest BCUT2D eigenvalue weighted by molar-refractivity contribution is 0.439. The zero-order chi connectivity index (χ0) is 14.1. The number of pyridine rings is 1. The van der Waals surface area contributed by atoms with E-state index < -0.39 is 0 Å². The number of hydrogen-bond acceptors (Lipinski definition) is 4. The van der Waals surface area contributed by atoms with Crippen LogP contribution in [0.2, 0.25) is 0 Å². The van der Waals surface area contributed by atoms with Crippen LogP contribution in [0, 0.1) is 0 Å². The monoisotopic (exact) mass is 393 g/mol. The van der Waals surface area contributed by atoms with Crippen molar-refractivity contribution < 1.29 is 4.52 Å². The topological polar surface area (TPSA) is 64.9 Å². The van der Waals surface area contributed by atoms with Gasteiger partial charge in [0.15, 0.2) is 0 Å². The molecule has 0 atom stereocenters. The largest absolute Gasteiger partial charge is 0.367 e. The predicted molar refractivity (Wildman–Crippen MR) is 85.0 cm³/mol. The zero-order valence-corrected chi connectivity index (χ0v) is 13.3. The lowest BCUT2D eigenvalue weighted by Crippen LogP contribution is -1.90. The molecule has 0 fully saturated rings. The second-order valence-electron chi connectivity index (χ2n) is 4.14. The van der Waals surface area contributed by atoms with Crippen molar-refractivity contribution in [2.24, 2.45) is 0 Å². The standard InChI is InChI=1S/C14H9Br2N3O/c15-9-5-8(6-10(16)7-9)13-12(14(17)20-19-13)11-3-1-2-4-18-11/h1-7H,17H2. The first kappa shape index (κ1) is 13.3. The third kappa shape index (κ3) is 2.48. The molecule has 2 heterocycles. The minimum absolute atomic E-state index is 0.259. The maximum Gasteiger partial charge on any atom is 0.232 e. The molecule has 0 bridgehead atoms. The number of anilines is 1. The second-order valence-corrected chi connectivity index (χ2v) is 5.97. The number of hydrogen-bond donors (Lipinski definition) is 1. The number of nitrogens with zero attached hydrogens (tertiary/aromatic N) is 2. The molecule has 0 aliphatic rings. The van der Waals surface area contributed by atoms with Crippen molar-refractivity contribution in [2.75, 3.05) is 5.73 Å². The lowest BCUT2D eigenvalue weighted by Gasteiger charge is -2.03. The number of nitrogens with two attached hydrogens (primary N) is 1. The van der Waals surface area contributed by atoms with Gasteiger partial charge in [-0.1, -0.05) is 43.1 Å². The molecule has 0 saturated heterocycles. The van der Waals surface area contributed by atoms with Crippen molar-refractivity contribution in [1.82, 2.24) is 10.1 Å². The molecule has 0 aliphatic heterocycles. The fraction of sp³-hybridized carbons (Fsp3) is 0. The second kappa shape index (κ2) is 5.38. The van der Waals surface area contributed by atoms with Crippen molar-refractivity contribution in [3.8, 4) is 22.5 Å². The summed E-state index contributed by atoms with van der Waals surface area (Å²) >= 11 is 6.93. The molecule has 0 aliphatic carbocycles. The summed E-state index contributed by atoms with van der Waals surface area (Å²) in [5, 5.41) is 4.06. The SMILES string of the molecule is Nc1onc(-c2cc(Br)cc(Br)c2)c1-c1ccccn1. The number of nitrogen functional groups attached to an aromatic ring is 1. The normalized spacial score (nSPS) is 10.7. The van der Waals surface area contributed by atoms with E-state index in [2.05, 4.69) is 42.0 Å². The fourth-order valence-corrected chi connectivity index (χ4v) is 3.24. The Labute approximate surface area is 132 Å². The average Bonchev–Trinajstić information content (AvgIpc) is 2.80. The van der Waals surface area contributed by atoms with Crippen LogP contribution in [0.4, 0.5) is 5.88 Å². The lowest BCUT2D eigenvalue weighted by atomic mass is 10.0. The van der Waals surface area contributed by atoms with Crippen LogP contribution in [-0.2, 0) is 0 Å². The maximum atomic E-state index is 5.89. The van der Waals surface area contributed by atoms with E-state index in [9.17, 15) is 0 Å². The van der Waals surface area contributed by atoms with Crippen LogP contribution in [0.25, 0.3) is 22.5 Å². The maximum absolute atomic E-state index is 5.89. The van der Waals surface area contributed by atoms with Gasteiger partial charge in [-0.2, -0.15) is 0 Å². The fourth-order valence-electron chi connectivity index (χ4n) is 1.95. The van der Waals surface area contributed by atoms with Gasteiger partial charge in [0, 0.05) is 20.7 Å². The molecule has 4 nitrogen and oxygen atoms in total. The molecule has 1 aromatic carbocycles. The van der Waals surface area contributed by atoms with Crippen LogP contribution in [-0.4, -0.2) is 10.1 Å². The van der Waals surface area contributed by atoms with Gasteiger partial charge in [0.05, 0.1) is 11.3 Å². The van der Waals surface area contributed by atoms with Crippen molar-refractivity contribution in [2.45, 2.75) is 0 Å². The van der Waals surface area contributed by atoms with Gasteiger partial charge in [-0.3, -0.25) is 4.98 Å². The molecular formula is C14H9Br2N3O. The first-order valence-corrected chi connectivity index (χ1v) is 7.37. The molecular weight excluding hydrogens is 386 g/mol. The van der Waals surface area contributed by atoms with Gasteiger partial charge in [-0.05, 0) is 30.3 Å². The molecule has 0 amide bonds. The van der Waals surface area contributed by atoms with Crippen molar-refractivity contribution in [3.05, 3.63) is 51.5 Å². The summed E-state index contributed by atoms with van der Waals surface area (Å²) in [6.45, 7) is 0. The van der Waals surface area contributed by atoms with Gasteiger partial charge >= 0.3 is 0 Å². The van der Waals surface area contributed by atoms with Gasteiger partial charge in [-0.25, -0.2) is 0 Å². The van der Waals surface area contributed by atoms with Crippen LogP contribution >= 0.6 is 31.9 Å². The Morgan fingerprint density at radius 3 is 2.45 bits per heavy atom. The van der Waals surface area contributed by atoms with Crippen molar-refractivity contribution in [3.63, 3.8) is 0 Å². The predicted octanol–water partition coefficient (Wildman–Crippen LogP) is 4.51. The average molecular weight is 395 g/mol. The molecule has 0 unspecified atom stereocenters. The summed E-state index contributed by atoms with van der Waals surface area (Å²) < 4.78 is 7.02. The summed E-state index contributed by atoms with van der Waals surface area (Å²) in [5.74, 6) is 0.259. The summed E-state index contributed by atoms with van der Waals surface area (Å²) in [7, 11) is 0. The van der Waals surface area contributed by atoms with E-state index in [1.807, 2.05) is 36.4 Å². The van der Waals surface area contributed by atoms with Crippen molar-refractivity contribution >= 4 is 37.7 Å². The van der Waals surface area contributed by atoms with E-state index in [4.69, 9.17) is 10.3 Å². The Bertz CT molecular complexity index is 736. The first-order valence-electron chi connectivity index (χ1n) is 5.78. The van der Waals surface area contributed by atoms with Gasteiger partial charge in [-0.15, -0.1) is 0 Å². The molecule has 3 aromatic rings. The molecule has 0 spiro atoms. The Balaban J connectivity index is 2.21. The Morgan fingerprint density at radius 2 is 1.80 bits per heavy atom. The highest BCUT2D eigenvalue weighted by molar-refractivity contribution is 9.11. The van der Waals surface area contributed by atoms with Crippen molar-refractivity contribution in [1.29, 1.82) is 0 Å². The van der Waals surface area contributed by atoms with Gasteiger partial charge in [0.2, 0.25) is 5.88 Å². The third-order valence-electron chi connectivity index (χ3n) is 2.78. The van der Waals surface area contributed by atoms with E-state index in [-0.39, 0.29) is 5.88 Å². The molecule has 0 radical (unpaired) electrons. The number of rotatable bonds is 2. The highest BCUT2D eigenvalue weighted by Crippen LogP contribution is 2.37. The molecule has 0 saturated carbocycles. The zero-order valence-electron chi connectivity index (χ0n) is 10.2. The van der Waals surface area contributed by atoms with E-state index in [1.54, 1.807) is 6.20 Å². The van der Waals surface area contributed by atoms with Crippen LogP contribution < -0.4 is 5.73 Å². The minimum Gasteiger partial charge on any atom is -0.367 e. The van der Waals surface area contributed by atoms with Gasteiger partial charge in [0.25, 0.3) is 0 Å². The molecule has 2 N–H and O–H groups in total. The summed E-state index contributed by atoms with van der Waals surface area (Å²) in [5.41, 5.74) is 8.90. The summed E-state index contributed by atoms with van der Waals surface area (Å²) in [6.07, 6.45) is 1.71. The van der Waals surface area contributed by atoms with E-state index in [0.717, 1.165) is 20.2 Å². The van der Waals surface area contributed by atoms with Gasteiger partial charge < -0.3 is 10.3 Å². The van der Waals surface area contributed by atoms with Crippen LogP contribution in [0.1, 0.15) is 0 Å². The van der Waals surface area contributed by atoms with Crippen LogP contribution in [0.5, 0.6) is 0 Å². The molecule has 3 rings (SSSR count). The Hall–Kier alpha value is -1.66. The molecule has 6 heteroatoms. The quantitative estimate of drug-likeness (QED) is 0.694. The summed E-state index contributed by atoms with van der Waals surface area (Å²) in [6, 6.07) is 11.5. The number of benzene rings is 1. The van der Waals surface area contributed by atoms with E-state index >= 15 is 0 Å². The van der Waals surface area contributed by atoms with Crippen LogP contribution in [0.3, 0.4) is 0 Å². The Kier molecular flexibility index (Phi) is 3.58. The highest BCUT2D eigenvalue weighted by atomic mass is 79.9. The summed E-state index contributed by atoms with van der Waals surface area (Å²) in [4.78, 5) is 4.31. The van der Waals surface area contributed by atoms with Gasteiger partial charge in [0.1, 0.15) is 5.69 Å². The molecule has 100 valence electrons. The highest BCUT2D eigenvalue weighted by Gasteiger charge is 2.18. The van der Waals surface area contributed by atoms with Crippen LogP contribution in [0.15, 0.2) is 56.1 Å². The molecule has 2 aromatic heterocycles. The Morgan fingerprint density at radius 1 is 1.05 bits per heavy atom. The van der Waals surface area contributed by atoms with E-state index in [0.29, 0.717) is 11.3 Å². The third-order valence-corrected chi connectivity index (χ3v) is 3.69. The first-order chi connectivity index (χ1) is 9.65. The smallest absolute Gasteiger partial charge is 0.232 e. The number of halogens is 2. The minimum atomic E-state index is 0.259. The molecule has 20 heavy (non-hydrogen) atoms. The number of aromatic nitrogens is 2.